The highest BCUT2D eigenvalue weighted by Crippen LogP contribution is 2.36. The van der Waals surface area contributed by atoms with Crippen LogP contribution in [0.5, 0.6) is 0 Å². The number of nitrogens with zero attached hydrogens (tertiary/aromatic N) is 5. The summed E-state index contributed by atoms with van der Waals surface area (Å²) in [6.07, 6.45) is 1.72. The van der Waals surface area contributed by atoms with Crippen LogP contribution in [0.3, 0.4) is 0 Å². The van der Waals surface area contributed by atoms with E-state index in [1.807, 2.05) is 35.8 Å². The normalized spacial score (nSPS) is 15.4. The molecule has 2 aromatic heterocycles. The molecular weight excluding hydrogens is 437 g/mol. The van der Waals surface area contributed by atoms with Crippen LogP contribution in [0.25, 0.3) is 17.3 Å². The van der Waals surface area contributed by atoms with Crippen LogP contribution in [0.1, 0.15) is 35.6 Å². The van der Waals surface area contributed by atoms with Gasteiger partial charge in [0.15, 0.2) is 11.5 Å². The number of hydrogen-bond donors (Lipinski definition) is 0. The average Bonchev–Trinajstić information content (AvgIpc) is 3.30. The van der Waals surface area contributed by atoms with Gasteiger partial charge >= 0.3 is 0 Å². The zero-order valence-electron chi connectivity index (χ0n) is 15.6. The lowest BCUT2D eigenvalue weighted by Crippen LogP contribution is -2.09. The summed E-state index contributed by atoms with van der Waals surface area (Å²) in [5, 5.41) is 3.87. The van der Waals surface area contributed by atoms with Gasteiger partial charge in [-0.2, -0.15) is 4.98 Å². The summed E-state index contributed by atoms with van der Waals surface area (Å²) in [5.74, 6) is 0.552. The SMILES string of the molecule is Cc1noc(-c2ncn3c2[C@@H](C)N=C(c2ccccc2F)c2cc(Br)ccc2-3)n1. The number of rotatable bonds is 2. The molecule has 8 heteroatoms. The number of benzene rings is 2. The van der Waals surface area contributed by atoms with Gasteiger partial charge in [0.05, 0.1) is 23.1 Å². The maximum absolute atomic E-state index is 14.7. The number of aliphatic imine (C=N–C) groups is 1. The fourth-order valence-corrected chi connectivity index (χ4v) is 3.97. The Morgan fingerprint density at radius 2 is 1.97 bits per heavy atom. The standard InChI is InChI=1S/C21H15BrFN5O/c1-11-20-19(21-26-12(2)27-29-21)24-10-28(20)17-8-7-13(22)9-15(17)18(25-11)14-5-3-4-6-16(14)23/h3-11H,1-2H3/t11-/m1/s1. The molecule has 0 spiro atoms. The van der Waals surface area contributed by atoms with Gasteiger partial charge in [0.25, 0.3) is 5.89 Å². The molecule has 0 fully saturated rings. The quantitative estimate of drug-likeness (QED) is 0.427. The van der Waals surface area contributed by atoms with Crippen LogP contribution in [0.4, 0.5) is 4.39 Å². The van der Waals surface area contributed by atoms with Gasteiger partial charge in [-0.25, -0.2) is 9.37 Å². The van der Waals surface area contributed by atoms with Gasteiger partial charge in [0, 0.05) is 15.6 Å². The number of hydrogen-bond acceptors (Lipinski definition) is 5. The second-order valence-corrected chi connectivity index (χ2v) is 7.71. The lowest BCUT2D eigenvalue weighted by Gasteiger charge is -2.12. The molecular formula is C21H15BrFN5O. The Morgan fingerprint density at radius 1 is 1.14 bits per heavy atom. The zero-order valence-corrected chi connectivity index (χ0v) is 17.2. The molecule has 0 bridgehead atoms. The fourth-order valence-electron chi connectivity index (χ4n) is 3.61. The summed E-state index contributed by atoms with van der Waals surface area (Å²) in [5.41, 5.74) is 4.08. The number of aryl methyl sites for hydroxylation is 1. The molecule has 0 N–H and O–H groups in total. The van der Waals surface area contributed by atoms with Crippen LogP contribution in [-0.2, 0) is 0 Å². The Morgan fingerprint density at radius 3 is 2.72 bits per heavy atom. The minimum atomic E-state index is -0.319. The summed E-state index contributed by atoms with van der Waals surface area (Å²) in [6, 6.07) is 12.2. The molecule has 1 aliphatic rings. The van der Waals surface area contributed by atoms with E-state index in [1.54, 1.807) is 25.4 Å². The smallest absolute Gasteiger partial charge is 0.278 e. The van der Waals surface area contributed by atoms with Crippen molar-refractivity contribution < 1.29 is 8.91 Å². The monoisotopic (exact) mass is 451 g/mol. The van der Waals surface area contributed by atoms with Crippen molar-refractivity contribution in [2.24, 2.45) is 4.99 Å². The summed E-state index contributed by atoms with van der Waals surface area (Å²) in [7, 11) is 0. The Labute approximate surface area is 174 Å². The summed E-state index contributed by atoms with van der Waals surface area (Å²) in [6.45, 7) is 3.70. The third-order valence-corrected chi connectivity index (χ3v) is 5.35. The van der Waals surface area contributed by atoms with E-state index in [9.17, 15) is 4.39 Å². The predicted octanol–water partition coefficient (Wildman–Crippen LogP) is 5.04. The van der Waals surface area contributed by atoms with Gasteiger partial charge in [-0.1, -0.05) is 33.2 Å². The van der Waals surface area contributed by atoms with Crippen molar-refractivity contribution in [1.29, 1.82) is 0 Å². The maximum atomic E-state index is 14.7. The highest BCUT2D eigenvalue weighted by Gasteiger charge is 2.29. The van der Waals surface area contributed by atoms with Gasteiger partial charge in [0.2, 0.25) is 0 Å². The van der Waals surface area contributed by atoms with Crippen LogP contribution in [0.2, 0.25) is 0 Å². The third-order valence-electron chi connectivity index (χ3n) is 4.86. The topological polar surface area (TPSA) is 69.1 Å². The summed E-state index contributed by atoms with van der Waals surface area (Å²) < 4.78 is 22.9. The second kappa shape index (κ2) is 6.73. The summed E-state index contributed by atoms with van der Waals surface area (Å²) in [4.78, 5) is 13.7. The lowest BCUT2D eigenvalue weighted by atomic mass is 10.00. The molecule has 29 heavy (non-hydrogen) atoms. The van der Waals surface area contributed by atoms with Crippen molar-refractivity contribution >= 4 is 21.6 Å². The molecule has 144 valence electrons. The molecule has 6 nitrogen and oxygen atoms in total. The van der Waals surface area contributed by atoms with Crippen molar-refractivity contribution in [1.82, 2.24) is 19.7 Å². The molecule has 0 amide bonds. The molecule has 0 saturated heterocycles. The predicted molar refractivity (Wildman–Crippen MR) is 110 cm³/mol. The van der Waals surface area contributed by atoms with Gasteiger partial charge in [-0.05, 0) is 44.2 Å². The fraction of sp³-hybridized carbons (Fsp3) is 0.143. The molecule has 0 radical (unpaired) electrons. The number of fused-ring (bicyclic) bond motifs is 3. The first kappa shape index (κ1) is 17.9. The van der Waals surface area contributed by atoms with E-state index < -0.39 is 0 Å². The van der Waals surface area contributed by atoms with E-state index in [1.165, 1.54) is 6.07 Å². The van der Waals surface area contributed by atoms with E-state index in [-0.39, 0.29) is 11.9 Å². The molecule has 1 atom stereocenters. The molecule has 3 heterocycles. The van der Waals surface area contributed by atoms with Crippen LogP contribution in [-0.4, -0.2) is 25.4 Å². The van der Waals surface area contributed by atoms with E-state index in [4.69, 9.17) is 9.52 Å². The third kappa shape index (κ3) is 2.91. The van der Waals surface area contributed by atoms with Crippen molar-refractivity contribution in [3.8, 4) is 17.3 Å². The average molecular weight is 452 g/mol. The molecule has 2 aromatic carbocycles. The van der Waals surface area contributed by atoms with Crippen LogP contribution >= 0.6 is 15.9 Å². The first-order chi connectivity index (χ1) is 14.0. The van der Waals surface area contributed by atoms with E-state index >= 15 is 0 Å². The van der Waals surface area contributed by atoms with Crippen molar-refractivity contribution in [3.63, 3.8) is 0 Å². The van der Waals surface area contributed by atoms with Gasteiger partial charge in [-0.15, -0.1) is 0 Å². The molecule has 0 saturated carbocycles. The van der Waals surface area contributed by atoms with E-state index in [0.29, 0.717) is 28.7 Å². The molecule has 1 aliphatic heterocycles. The first-order valence-electron chi connectivity index (χ1n) is 9.04. The van der Waals surface area contributed by atoms with Crippen molar-refractivity contribution in [3.05, 3.63) is 81.7 Å². The largest absolute Gasteiger partial charge is 0.332 e. The van der Waals surface area contributed by atoms with Gasteiger partial charge in [0.1, 0.15) is 12.1 Å². The molecule has 5 rings (SSSR count). The second-order valence-electron chi connectivity index (χ2n) is 6.79. The highest BCUT2D eigenvalue weighted by molar-refractivity contribution is 9.10. The Kier molecular flexibility index (Phi) is 4.16. The minimum absolute atomic E-state index is 0.318. The molecule has 4 aromatic rings. The number of halogens is 2. The summed E-state index contributed by atoms with van der Waals surface area (Å²) >= 11 is 3.53. The number of aromatic nitrogens is 4. The number of imidazole rings is 1. The first-order valence-corrected chi connectivity index (χ1v) is 9.83. The molecule has 0 aliphatic carbocycles. The maximum Gasteiger partial charge on any atom is 0.278 e. The lowest BCUT2D eigenvalue weighted by molar-refractivity contribution is 0.424. The van der Waals surface area contributed by atoms with Crippen molar-refractivity contribution in [2.75, 3.05) is 0 Å². The van der Waals surface area contributed by atoms with Crippen LogP contribution in [0, 0.1) is 12.7 Å². The van der Waals surface area contributed by atoms with Crippen LogP contribution < -0.4 is 0 Å². The Balaban J connectivity index is 1.80. The Bertz CT molecular complexity index is 1280. The Hall–Kier alpha value is -3.13. The molecule has 0 unspecified atom stereocenters. The van der Waals surface area contributed by atoms with Gasteiger partial charge in [-0.3, -0.25) is 9.56 Å². The van der Waals surface area contributed by atoms with Crippen LogP contribution in [0.15, 0.2) is 62.8 Å². The minimum Gasteiger partial charge on any atom is -0.332 e. The van der Waals surface area contributed by atoms with Gasteiger partial charge < -0.3 is 4.52 Å². The highest BCUT2D eigenvalue weighted by atomic mass is 79.9. The van der Waals surface area contributed by atoms with Crippen molar-refractivity contribution in [2.45, 2.75) is 19.9 Å². The van der Waals surface area contributed by atoms with E-state index in [0.717, 1.165) is 21.4 Å². The zero-order chi connectivity index (χ0) is 20.1. The van der Waals surface area contributed by atoms with E-state index in [2.05, 4.69) is 31.1 Å².